The van der Waals surface area contributed by atoms with Crippen LogP contribution in [0.25, 0.3) is 0 Å². The van der Waals surface area contributed by atoms with Gasteiger partial charge in [0.15, 0.2) is 6.29 Å². The van der Waals surface area contributed by atoms with Gasteiger partial charge in [-0.15, -0.1) is 0 Å². The molecule has 0 aliphatic carbocycles. The lowest BCUT2D eigenvalue weighted by molar-refractivity contribution is -0.320. The molecule has 1 aliphatic rings. The molecule has 0 bridgehead atoms. The Balaban J connectivity index is 1.51. The molecule has 0 N–H and O–H groups in total. The zero-order valence-electron chi connectivity index (χ0n) is 22.7. The highest BCUT2D eigenvalue weighted by Crippen LogP contribution is 2.31. The van der Waals surface area contributed by atoms with Crippen LogP contribution < -0.4 is 0 Å². The van der Waals surface area contributed by atoms with E-state index in [-0.39, 0.29) is 12.2 Å². The number of hydrogen-bond acceptors (Lipinski definition) is 6. The van der Waals surface area contributed by atoms with E-state index in [1.807, 2.05) is 85.8 Å². The van der Waals surface area contributed by atoms with E-state index in [9.17, 15) is 4.79 Å². The fraction of sp³-hybridized carbons (Fsp3) is 0.424. The highest BCUT2D eigenvalue weighted by atomic mass is 16.7. The predicted molar refractivity (Wildman–Crippen MR) is 150 cm³/mol. The normalized spacial score (nSPS) is 22.9. The number of aldehydes is 1. The molecular weight excluding hydrogens is 492 g/mol. The lowest BCUT2D eigenvalue weighted by Crippen LogP contribution is -2.60. The van der Waals surface area contributed by atoms with Crippen LogP contribution in [-0.2, 0) is 48.3 Å². The molecule has 1 saturated heterocycles. The Hall–Kier alpha value is -2.87. The molecule has 0 radical (unpaired) electrons. The van der Waals surface area contributed by atoms with Crippen molar-refractivity contribution in [3.05, 3.63) is 108 Å². The average Bonchev–Trinajstić information content (AvgIpc) is 2.98. The van der Waals surface area contributed by atoms with Gasteiger partial charge in [-0.05, 0) is 36.5 Å². The van der Waals surface area contributed by atoms with E-state index in [2.05, 4.69) is 12.1 Å². The van der Waals surface area contributed by atoms with Crippen molar-refractivity contribution in [2.75, 3.05) is 6.61 Å². The zero-order valence-corrected chi connectivity index (χ0v) is 22.7. The molecule has 6 heteroatoms. The molecule has 1 aliphatic heterocycles. The number of carbonyl (C=O) groups excluding carboxylic acids is 1. The van der Waals surface area contributed by atoms with Gasteiger partial charge in [-0.2, -0.15) is 0 Å². The minimum absolute atomic E-state index is 0.272. The lowest BCUT2D eigenvalue weighted by atomic mass is 9.98. The van der Waals surface area contributed by atoms with Crippen LogP contribution in [0.5, 0.6) is 0 Å². The monoisotopic (exact) mass is 532 g/mol. The fourth-order valence-electron chi connectivity index (χ4n) is 4.71. The van der Waals surface area contributed by atoms with Crippen LogP contribution in [0.4, 0.5) is 0 Å². The quantitative estimate of drug-likeness (QED) is 0.160. The van der Waals surface area contributed by atoms with Crippen molar-refractivity contribution in [3.8, 4) is 0 Å². The number of carbonyl (C=O) groups is 1. The molecule has 0 amide bonds. The molecule has 39 heavy (non-hydrogen) atoms. The minimum atomic E-state index is -0.605. The highest BCUT2D eigenvalue weighted by molar-refractivity contribution is 5.48. The van der Waals surface area contributed by atoms with Crippen LogP contribution >= 0.6 is 0 Å². The van der Waals surface area contributed by atoms with Gasteiger partial charge in [-0.25, -0.2) is 0 Å². The van der Waals surface area contributed by atoms with Crippen molar-refractivity contribution < 1.29 is 28.5 Å². The zero-order chi connectivity index (χ0) is 27.1. The highest BCUT2D eigenvalue weighted by Gasteiger charge is 2.47. The Labute approximate surface area is 232 Å². The second kappa shape index (κ2) is 16.3. The SMILES string of the molecule is C[C@@H]1O[C@@H](OCCCCCC=O)[C@@H](OCc2ccccc2)[C@H](OCc2ccccc2)[C@@H]1OCc1ccccc1. The molecule has 0 aromatic heterocycles. The largest absolute Gasteiger partial charge is 0.368 e. The van der Waals surface area contributed by atoms with E-state index in [0.29, 0.717) is 32.8 Å². The maximum absolute atomic E-state index is 10.6. The van der Waals surface area contributed by atoms with Crippen molar-refractivity contribution >= 4 is 6.29 Å². The summed E-state index contributed by atoms with van der Waals surface area (Å²) >= 11 is 0. The Kier molecular flexibility index (Phi) is 12.2. The van der Waals surface area contributed by atoms with E-state index >= 15 is 0 Å². The first-order valence-corrected chi connectivity index (χ1v) is 13.9. The van der Waals surface area contributed by atoms with Crippen LogP contribution in [0.2, 0.25) is 0 Å². The van der Waals surface area contributed by atoms with E-state index in [1.165, 1.54) is 0 Å². The smallest absolute Gasteiger partial charge is 0.186 e. The van der Waals surface area contributed by atoms with Gasteiger partial charge >= 0.3 is 0 Å². The average molecular weight is 533 g/mol. The minimum Gasteiger partial charge on any atom is -0.368 e. The molecule has 0 unspecified atom stereocenters. The Morgan fingerprint density at radius 2 is 1.10 bits per heavy atom. The first kappa shape index (κ1) is 29.1. The van der Waals surface area contributed by atoms with Gasteiger partial charge < -0.3 is 28.5 Å². The molecule has 0 spiro atoms. The van der Waals surface area contributed by atoms with Gasteiger partial charge in [-0.3, -0.25) is 0 Å². The summed E-state index contributed by atoms with van der Waals surface area (Å²) in [6.45, 7) is 3.79. The van der Waals surface area contributed by atoms with Crippen molar-refractivity contribution in [2.24, 2.45) is 0 Å². The topological polar surface area (TPSA) is 63.2 Å². The second-order valence-corrected chi connectivity index (χ2v) is 9.88. The van der Waals surface area contributed by atoms with Crippen molar-refractivity contribution in [3.63, 3.8) is 0 Å². The van der Waals surface area contributed by atoms with Crippen molar-refractivity contribution in [2.45, 2.75) is 83.1 Å². The molecule has 1 fully saturated rings. The summed E-state index contributed by atoms with van der Waals surface area (Å²) in [5.41, 5.74) is 3.22. The molecule has 3 aromatic rings. The summed E-state index contributed by atoms with van der Waals surface area (Å²) in [7, 11) is 0. The van der Waals surface area contributed by atoms with Gasteiger partial charge in [0.25, 0.3) is 0 Å². The van der Waals surface area contributed by atoms with Gasteiger partial charge in [0.2, 0.25) is 0 Å². The van der Waals surface area contributed by atoms with E-state index < -0.39 is 18.5 Å². The van der Waals surface area contributed by atoms with E-state index in [4.69, 9.17) is 23.7 Å². The number of unbranched alkanes of at least 4 members (excludes halogenated alkanes) is 3. The third kappa shape index (κ3) is 9.38. The molecule has 1 heterocycles. The molecule has 0 saturated carbocycles. The molecule has 4 rings (SSSR count). The molecule has 3 aromatic carbocycles. The van der Waals surface area contributed by atoms with E-state index in [1.54, 1.807) is 0 Å². The Bertz CT molecular complexity index is 1060. The van der Waals surface area contributed by atoms with Gasteiger partial charge in [0.1, 0.15) is 24.6 Å². The van der Waals surface area contributed by atoms with Crippen LogP contribution in [0.3, 0.4) is 0 Å². The second-order valence-electron chi connectivity index (χ2n) is 9.88. The summed E-state index contributed by atoms with van der Waals surface area (Å²) < 4.78 is 32.2. The molecule has 208 valence electrons. The van der Waals surface area contributed by atoms with Crippen LogP contribution in [0, 0.1) is 0 Å². The van der Waals surface area contributed by atoms with Gasteiger partial charge in [0, 0.05) is 13.0 Å². The molecular formula is C33H40O6. The van der Waals surface area contributed by atoms with Crippen LogP contribution in [0.15, 0.2) is 91.0 Å². The number of benzene rings is 3. The summed E-state index contributed by atoms with van der Waals surface area (Å²) in [6.07, 6.45) is 2.02. The molecule has 6 nitrogen and oxygen atoms in total. The standard InChI is InChI=1S/C33H40O6/c1-26-30(36-23-27-15-7-4-8-16-27)31(37-24-28-17-9-5-10-18-28)32(38-25-29-19-11-6-12-20-29)33(39-26)35-22-14-3-2-13-21-34/h4-12,15-21,26,30-33H,2-3,13-14,22-25H2,1H3/t26-,30+,31+,32-,33+/m0/s1. The van der Waals surface area contributed by atoms with Crippen LogP contribution in [-0.4, -0.2) is 43.6 Å². The number of rotatable bonds is 16. The summed E-state index contributed by atoms with van der Waals surface area (Å²) in [5, 5.41) is 0. The van der Waals surface area contributed by atoms with E-state index in [0.717, 1.165) is 42.2 Å². The third-order valence-corrected chi connectivity index (χ3v) is 6.83. The first-order chi connectivity index (χ1) is 19.2. The van der Waals surface area contributed by atoms with Crippen LogP contribution in [0.1, 0.15) is 49.3 Å². The van der Waals surface area contributed by atoms with Gasteiger partial charge in [-0.1, -0.05) is 97.4 Å². The van der Waals surface area contributed by atoms with Gasteiger partial charge in [0.05, 0.1) is 25.9 Å². The lowest BCUT2D eigenvalue weighted by Gasteiger charge is -2.45. The number of ether oxygens (including phenoxy) is 5. The first-order valence-electron chi connectivity index (χ1n) is 13.9. The maximum atomic E-state index is 10.6. The Morgan fingerprint density at radius 1 is 0.615 bits per heavy atom. The Morgan fingerprint density at radius 3 is 1.62 bits per heavy atom. The van der Waals surface area contributed by atoms with Crippen molar-refractivity contribution in [1.82, 2.24) is 0 Å². The summed E-state index contributed by atoms with van der Waals surface area (Å²) in [5.74, 6) is 0. The van der Waals surface area contributed by atoms with Crippen molar-refractivity contribution in [1.29, 1.82) is 0 Å². The third-order valence-electron chi connectivity index (χ3n) is 6.83. The maximum Gasteiger partial charge on any atom is 0.186 e. The number of hydrogen-bond donors (Lipinski definition) is 0. The fourth-order valence-corrected chi connectivity index (χ4v) is 4.71. The summed E-state index contributed by atoms with van der Waals surface area (Å²) in [4.78, 5) is 10.6. The summed E-state index contributed by atoms with van der Waals surface area (Å²) in [6, 6.07) is 30.3. The predicted octanol–water partition coefficient (Wildman–Crippen LogP) is 6.26. The molecule has 5 atom stereocenters.